The minimum Gasteiger partial charge on any atom is -0.508 e. The van der Waals surface area contributed by atoms with Gasteiger partial charge in [0, 0.05) is 16.8 Å². The molecule has 0 aromatic heterocycles. The molecule has 0 fully saturated rings. The van der Waals surface area contributed by atoms with Crippen molar-refractivity contribution in [1.82, 2.24) is 0 Å². The Hall–Kier alpha value is -2.62. The van der Waals surface area contributed by atoms with Crippen molar-refractivity contribution in [2.75, 3.05) is 10.5 Å². The SMILES string of the molecule is Cc1ccc(B2Nc3cccc4cccc(c34)N2)cc1O. The summed E-state index contributed by atoms with van der Waals surface area (Å²) >= 11 is 0. The predicted molar refractivity (Wildman–Crippen MR) is 89.4 cm³/mol. The summed E-state index contributed by atoms with van der Waals surface area (Å²) in [6, 6.07) is 18.3. The van der Waals surface area contributed by atoms with Gasteiger partial charge >= 0.3 is 6.98 Å². The molecule has 3 aromatic rings. The molecule has 1 aliphatic rings. The van der Waals surface area contributed by atoms with E-state index in [-0.39, 0.29) is 6.98 Å². The van der Waals surface area contributed by atoms with E-state index in [2.05, 4.69) is 46.9 Å². The van der Waals surface area contributed by atoms with Gasteiger partial charge in [-0.15, -0.1) is 0 Å². The molecule has 3 aromatic carbocycles. The number of aromatic hydroxyl groups is 1. The van der Waals surface area contributed by atoms with Crippen molar-refractivity contribution in [2.24, 2.45) is 0 Å². The summed E-state index contributed by atoms with van der Waals surface area (Å²) in [7, 11) is 0. The third kappa shape index (κ3) is 1.91. The van der Waals surface area contributed by atoms with Gasteiger partial charge in [-0.3, -0.25) is 0 Å². The molecule has 3 N–H and O–H groups in total. The zero-order valence-corrected chi connectivity index (χ0v) is 11.7. The van der Waals surface area contributed by atoms with E-state index in [1.165, 1.54) is 10.8 Å². The molecule has 0 atom stereocenters. The highest BCUT2D eigenvalue weighted by molar-refractivity contribution is 6.80. The second-order valence-electron chi connectivity index (χ2n) is 5.48. The first-order chi connectivity index (χ1) is 10.2. The number of anilines is 2. The van der Waals surface area contributed by atoms with E-state index >= 15 is 0 Å². The molecule has 0 saturated carbocycles. The van der Waals surface area contributed by atoms with Crippen molar-refractivity contribution in [1.29, 1.82) is 0 Å². The minimum atomic E-state index is -0.0444. The van der Waals surface area contributed by atoms with Gasteiger partial charge in [-0.25, -0.2) is 0 Å². The monoisotopic (exact) mass is 274 g/mol. The van der Waals surface area contributed by atoms with Crippen LogP contribution in [-0.4, -0.2) is 12.1 Å². The van der Waals surface area contributed by atoms with E-state index in [0.717, 1.165) is 22.4 Å². The van der Waals surface area contributed by atoms with Crippen LogP contribution < -0.4 is 15.9 Å². The number of benzene rings is 3. The molecule has 0 radical (unpaired) electrons. The fourth-order valence-corrected chi connectivity index (χ4v) is 2.90. The smallest absolute Gasteiger partial charge is 0.406 e. The van der Waals surface area contributed by atoms with Crippen LogP contribution in [0, 0.1) is 6.92 Å². The van der Waals surface area contributed by atoms with E-state index in [4.69, 9.17) is 0 Å². The van der Waals surface area contributed by atoms with Crippen LogP contribution in [-0.2, 0) is 0 Å². The van der Waals surface area contributed by atoms with Crippen LogP contribution in [0.15, 0.2) is 54.6 Å². The van der Waals surface area contributed by atoms with Crippen LogP contribution >= 0.6 is 0 Å². The van der Waals surface area contributed by atoms with Gasteiger partial charge in [-0.1, -0.05) is 36.4 Å². The Morgan fingerprint density at radius 2 is 1.57 bits per heavy atom. The Morgan fingerprint density at radius 1 is 0.905 bits per heavy atom. The Morgan fingerprint density at radius 3 is 2.19 bits per heavy atom. The Balaban J connectivity index is 1.81. The Labute approximate surface area is 123 Å². The first-order valence-corrected chi connectivity index (χ1v) is 7.07. The summed E-state index contributed by atoms with van der Waals surface area (Å²) in [5, 5.41) is 19.4. The number of phenols is 1. The molecule has 3 nitrogen and oxygen atoms in total. The molecule has 102 valence electrons. The number of hydrogen-bond donors (Lipinski definition) is 3. The number of hydrogen-bond acceptors (Lipinski definition) is 3. The summed E-state index contributed by atoms with van der Waals surface area (Å²) in [6.45, 7) is 1.86. The van der Waals surface area contributed by atoms with Gasteiger partial charge in [0.1, 0.15) is 5.75 Å². The molecular weight excluding hydrogens is 259 g/mol. The molecule has 0 unspecified atom stereocenters. The molecule has 4 rings (SSSR count). The molecule has 0 saturated heterocycles. The lowest BCUT2D eigenvalue weighted by atomic mass is 9.66. The zero-order valence-electron chi connectivity index (χ0n) is 11.7. The lowest BCUT2D eigenvalue weighted by Crippen LogP contribution is -2.47. The van der Waals surface area contributed by atoms with Gasteiger partial charge in [-0.05, 0) is 41.5 Å². The number of nitrogens with one attached hydrogen (secondary N) is 2. The maximum absolute atomic E-state index is 9.92. The number of aryl methyl sites for hydroxylation is 1. The van der Waals surface area contributed by atoms with Crippen molar-refractivity contribution in [3.05, 3.63) is 60.2 Å². The normalized spacial score (nSPS) is 12.9. The quantitative estimate of drug-likeness (QED) is 0.597. The van der Waals surface area contributed by atoms with Gasteiger partial charge in [0.05, 0.1) is 0 Å². The average Bonchev–Trinajstić information content (AvgIpc) is 2.50. The van der Waals surface area contributed by atoms with Crippen molar-refractivity contribution in [3.8, 4) is 5.75 Å². The molecular formula is C17H15BN2O. The largest absolute Gasteiger partial charge is 0.508 e. The van der Waals surface area contributed by atoms with Crippen molar-refractivity contribution >= 4 is 34.6 Å². The third-order valence-electron chi connectivity index (χ3n) is 4.07. The van der Waals surface area contributed by atoms with Crippen molar-refractivity contribution < 1.29 is 5.11 Å². The van der Waals surface area contributed by atoms with Gasteiger partial charge in [0.25, 0.3) is 0 Å². The highest BCUT2D eigenvalue weighted by Crippen LogP contribution is 2.33. The molecule has 4 heteroatoms. The molecule has 1 aliphatic heterocycles. The lowest BCUT2D eigenvalue weighted by molar-refractivity contribution is 0.471. The Bertz CT molecular complexity index is 807. The summed E-state index contributed by atoms with van der Waals surface area (Å²) in [4.78, 5) is 0. The van der Waals surface area contributed by atoms with Gasteiger partial charge in [-0.2, -0.15) is 0 Å². The van der Waals surface area contributed by atoms with E-state index in [1.54, 1.807) is 0 Å². The van der Waals surface area contributed by atoms with Gasteiger partial charge in [0.15, 0.2) is 0 Å². The molecule has 0 spiro atoms. The van der Waals surface area contributed by atoms with Crippen LogP contribution in [0.4, 0.5) is 11.4 Å². The maximum Gasteiger partial charge on any atom is 0.406 e. The second-order valence-corrected chi connectivity index (χ2v) is 5.48. The molecule has 21 heavy (non-hydrogen) atoms. The molecule has 1 heterocycles. The van der Waals surface area contributed by atoms with Crippen LogP contribution in [0.25, 0.3) is 10.8 Å². The molecule has 0 amide bonds. The lowest BCUT2D eigenvalue weighted by Gasteiger charge is -2.27. The fourth-order valence-electron chi connectivity index (χ4n) is 2.90. The highest BCUT2D eigenvalue weighted by Gasteiger charge is 2.25. The van der Waals surface area contributed by atoms with Crippen LogP contribution in [0.1, 0.15) is 5.56 Å². The topological polar surface area (TPSA) is 44.3 Å². The van der Waals surface area contributed by atoms with E-state index in [9.17, 15) is 5.11 Å². The Kier molecular flexibility index (Phi) is 2.57. The minimum absolute atomic E-state index is 0.0444. The summed E-state index contributed by atoms with van der Waals surface area (Å²) < 4.78 is 0. The third-order valence-corrected chi connectivity index (χ3v) is 4.07. The number of rotatable bonds is 1. The number of phenolic OH excluding ortho intramolecular Hbond substituents is 1. The standard InChI is InChI=1S/C17H15BN2O/c1-11-8-9-13(10-16(11)21)18-19-14-6-2-4-12-5-3-7-15(20-18)17(12)14/h2-10,19-21H,1H3. The first-order valence-electron chi connectivity index (χ1n) is 7.07. The van der Waals surface area contributed by atoms with Gasteiger partial charge < -0.3 is 15.6 Å². The summed E-state index contributed by atoms with van der Waals surface area (Å²) in [5.74, 6) is 0.327. The molecule has 0 bridgehead atoms. The zero-order chi connectivity index (χ0) is 14.4. The second kappa shape index (κ2) is 4.45. The maximum atomic E-state index is 9.92. The van der Waals surface area contributed by atoms with Crippen molar-refractivity contribution in [3.63, 3.8) is 0 Å². The van der Waals surface area contributed by atoms with Crippen molar-refractivity contribution in [2.45, 2.75) is 6.92 Å². The first kappa shape index (κ1) is 12.2. The highest BCUT2D eigenvalue weighted by atomic mass is 16.3. The van der Waals surface area contributed by atoms with E-state index in [0.29, 0.717) is 5.75 Å². The molecule has 0 aliphatic carbocycles. The van der Waals surface area contributed by atoms with Crippen LogP contribution in [0.5, 0.6) is 5.75 Å². The predicted octanol–water partition coefficient (Wildman–Crippen LogP) is 3.09. The van der Waals surface area contributed by atoms with Crippen LogP contribution in [0.2, 0.25) is 0 Å². The summed E-state index contributed by atoms with van der Waals surface area (Å²) in [5.41, 5.74) is 4.14. The van der Waals surface area contributed by atoms with E-state index < -0.39 is 0 Å². The van der Waals surface area contributed by atoms with Gasteiger partial charge in [0.2, 0.25) is 0 Å². The van der Waals surface area contributed by atoms with E-state index in [1.807, 2.05) is 25.1 Å². The fraction of sp³-hybridized carbons (Fsp3) is 0.0588. The van der Waals surface area contributed by atoms with Crippen LogP contribution in [0.3, 0.4) is 0 Å². The summed E-state index contributed by atoms with van der Waals surface area (Å²) in [6.07, 6.45) is 0. The average molecular weight is 274 g/mol.